The third-order valence-electron chi connectivity index (χ3n) is 2.18. The van der Waals surface area contributed by atoms with E-state index in [0.29, 0.717) is 12.3 Å². The van der Waals surface area contributed by atoms with E-state index in [1.165, 1.54) is 0 Å². The molecule has 0 saturated carbocycles. The van der Waals surface area contributed by atoms with Crippen LogP contribution in [0.3, 0.4) is 0 Å². The third kappa shape index (κ3) is 2.20. The topological polar surface area (TPSA) is 66.0 Å². The first-order chi connectivity index (χ1) is 7.79. The maximum absolute atomic E-state index is 11.1. The van der Waals surface area contributed by atoms with Gasteiger partial charge in [0.1, 0.15) is 17.8 Å². The van der Waals surface area contributed by atoms with Crippen LogP contribution in [-0.2, 0) is 11.3 Å². The highest BCUT2D eigenvalue weighted by Gasteiger charge is 2.04. The number of nitrogens with one attached hydrogen (secondary N) is 1. The lowest BCUT2D eigenvalue weighted by Gasteiger charge is -1.97. The van der Waals surface area contributed by atoms with Crippen molar-refractivity contribution >= 4 is 16.9 Å². The fraction of sp³-hybridized carbons (Fsp3) is 0.167. The summed E-state index contributed by atoms with van der Waals surface area (Å²) < 4.78 is 5.50. The number of rotatable bonds is 3. The van der Waals surface area contributed by atoms with Crippen LogP contribution < -0.4 is 5.32 Å². The van der Waals surface area contributed by atoms with Crippen molar-refractivity contribution in [3.05, 3.63) is 36.1 Å². The van der Waals surface area contributed by atoms with Gasteiger partial charge in [-0.05, 0) is 12.1 Å². The Morgan fingerprint density at radius 3 is 3.00 bits per heavy atom. The molecule has 1 aromatic heterocycles. The number of amides is 1. The molecular weight excluding hydrogens is 204 g/mol. The first-order valence-electron chi connectivity index (χ1n) is 4.90. The Balaban J connectivity index is 2.05. The van der Waals surface area contributed by atoms with Crippen LogP contribution >= 0.6 is 0 Å². The second kappa shape index (κ2) is 4.49. The Morgan fingerprint density at radius 2 is 2.25 bits per heavy atom. The van der Waals surface area contributed by atoms with E-state index in [0.717, 1.165) is 11.0 Å². The maximum atomic E-state index is 11.1. The number of carbonyl (C=O) groups is 1. The Hall–Kier alpha value is -2.28. The predicted octanol–water partition coefficient (Wildman–Crippen LogP) is 1.96. The summed E-state index contributed by atoms with van der Waals surface area (Å²) in [5.74, 6) is 0.399. The molecule has 2 aromatic rings. The highest BCUT2D eigenvalue weighted by Crippen LogP contribution is 2.18. The monoisotopic (exact) mass is 214 g/mol. The Morgan fingerprint density at radius 1 is 1.44 bits per heavy atom. The van der Waals surface area contributed by atoms with Crippen molar-refractivity contribution in [2.45, 2.75) is 13.0 Å². The number of para-hydroxylation sites is 1. The van der Waals surface area contributed by atoms with Crippen LogP contribution in [0.25, 0.3) is 11.0 Å². The van der Waals surface area contributed by atoms with Gasteiger partial charge in [0, 0.05) is 5.39 Å². The van der Waals surface area contributed by atoms with E-state index in [1.807, 2.05) is 30.3 Å². The molecule has 0 aliphatic carbocycles. The van der Waals surface area contributed by atoms with E-state index < -0.39 is 0 Å². The van der Waals surface area contributed by atoms with Gasteiger partial charge in [-0.1, -0.05) is 18.2 Å². The van der Waals surface area contributed by atoms with Crippen molar-refractivity contribution < 1.29 is 9.21 Å². The smallest absolute Gasteiger partial charge is 0.234 e. The van der Waals surface area contributed by atoms with Crippen molar-refractivity contribution in [2.24, 2.45) is 0 Å². The standard InChI is InChI=1S/C12H10N2O2/c13-6-5-12(15)14-8-10-7-9-3-1-2-4-11(9)16-10/h1-4,7H,5,8H2,(H,14,15). The van der Waals surface area contributed by atoms with Crippen LogP contribution in [0, 0.1) is 11.3 Å². The second-order valence-corrected chi connectivity index (χ2v) is 3.36. The molecule has 4 heteroatoms. The molecule has 0 atom stereocenters. The van der Waals surface area contributed by atoms with Gasteiger partial charge in [-0.2, -0.15) is 5.26 Å². The van der Waals surface area contributed by atoms with Gasteiger partial charge in [-0.25, -0.2) is 0 Å². The highest BCUT2D eigenvalue weighted by atomic mass is 16.3. The van der Waals surface area contributed by atoms with E-state index in [9.17, 15) is 4.79 Å². The summed E-state index contributed by atoms with van der Waals surface area (Å²) in [5.41, 5.74) is 0.798. The number of furan rings is 1. The van der Waals surface area contributed by atoms with Gasteiger partial charge >= 0.3 is 0 Å². The van der Waals surface area contributed by atoms with E-state index in [1.54, 1.807) is 6.07 Å². The second-order valence-electron chi connectivity index (χ2n) is 3.36. The van der Waals surface area contributed by atoms with Crippen molar-refractivity contribution in [1.29, 1.82) is 5.26 Å². The third-order valence-corrected chi connectivity index (χ3v) is 2.18. The van der Waals surface area contributed by atoms with Crippen LogP contribution in [0.5, 0.6) is 0 Å². The molecule has 16 heavy (non-hydrogen) atoms. The van der Waals surface area contributed by atoms with Crippen LogP contribution in [0.15, 0.2) is 34.7 Å². The minimum Gasteiger partial charge on any atom is -0.459 e. The molecule has 1 heterocycles. The molecule has 0 fully saturated rings. The van der Waals surface area contributed by atoms with Crippen LogP contribution in [-0.4, -0.2) is 5.91 Å². The van der Waals surface area contributed by atoms with Gasteiger partial charge in [0.15, 0.2) is 0 Å². The molecule has 80 valence electrons. The lowest BCUT2D eigenvalue weighted by Crippen LogP contribution is -2.21. The summed E-state index contributed by atoms with van der Waals surface area (Å²) in [7, 11) is 0. The van der Waals surface area contributed by atoms with E-state index in [2.05, 4.69) is 5.32 Å². The Labute approximate surface area is 92.5 Å². The molecule has 0 aliphatic rings. The molecule has 1 N–H and O–H groups in total. The zero-order chi connectivity index (χ0) is 11.4. The average molecular weight is 214 g/mol. The Kier molecular flexibility index (Phi) is 2.88. The van der Waals surface area contributed by atoms with Gasteiger partial charge in [-0.15, -0.1) is 0 Å². The number of carbonyl (C=O) groups excluding carboxylic acids is 1. The first-order valence-corrected chi connectivity index (χ1v) is 4.90. The predicted molar refractivity (Wildman–Crippen MR) is 58.3 cm³/mol. The summed E-state index contributed by atoms with van der Waals surface area (Å²) in [6, 6.07) is 11.3. The summed E-state index contributed by atoms with van der Waals surface area (Å²) in [6.45, 7) is 0.315. The Bertz CT molecular complexity index is 518. The molecule has 0 aliphatic heterocycles. The zero-order valence-electron chi connectivity index (χ0n) is 8.56. The summed E-state index contributed by atoms with van der Waals surface area (Å²) in [5, 5.41) is 11.9. The van der Waals surface area contributed by atoms with Crippen molar-refractivity contribution in [1.82, 2.24) is 5.32 Å². The molecule has 1 aromatic carbocycles. The van der Waals surface area contributed by atoms with Crippen molar-refractivity contribution in [2.75, 3.05) is 0 Å². The van der Waals surface area contributed by atoms with Gasteiger partial charge in [0.2, 0.25) is 5.91 Å². The largest absolute Gasteiger partial charge is 0.459 e. The van der Waals surface area contributed by atoms with Gasteiger partial charge in [-0.3, -0.25) is 4.79 Å². The SMILES string of the molecule is N#CCC(=O)NCc1cc2ccccc2o1. The highest BCUT2D eigenvalue weighted by molar-refractivity contribution is 5.79. The number of hydrogen-bond acceptors (Lipinski definition) is 3. The fourth-order valence-electron chi connectivity index (χ4n) is 1.44. The molecule has 0 unspecified atom stereocenters. The number of nitriles is 1. The number of nitrogens with zero attached hydrogens (tertiary/aromatic N) is 1. The summed E-state index contributed by atoms with van der Waals surface area (Å²) in [6.07, 6.45) is -0.125. The maximum Gasteiger partial charge on any atom is 0.234 e. The summed E-state index contributed by atoms with van der Waals surface area (Å²) in [4.78, 5) is 11.1. The molecule has 0 saturated heterocycles. The lowest BCUT2D eigenvalue weighted by atomic mass is 10.2. The summed E-state index contributed by atoms with van der Waals surface area (Å²) >= 11 is 0. The average Bonchev–Trinajstić information content (AvgIpc) is 2.69. The molecule has 1 amide bonds. The molecular formula is C12H10N2O2. The minimum absolute atomic E-state index is 0.125. The lowest BCUT2D eigenvalue weighted by molar-refractivity contribution is -0.120. The quantitative estimate of drug-likeness (QED) is 0.849. The van der Waals surface area contributed by atoms with E-state index in [-0.39, 0.29) is 12.3 Å². The van der Waals surface area contributed by atoms with Crippen molar-refractivity contribution in [3.8, 4) is 6.07 Å². The van der Waals surface area contributed by atoms with Crippen LogP contribution in [0.1, 0.15) is 12.2 Å². The minimum atomic E-state index is -0.289. The molecule has 4 nitrogen and oxygen atoms in total. The van der Waals surface area contributed by atoms with Gasteiger partial charge in [0.25, 0.3) is 0 Å². The number of hydrogen-bond donors (Lipinski definition) is 1. The van der Waals surface area contributed by atoms with E-state index in [4.69, 9.17) is 9.68 Å². The van der Waals surface area contributed by atoms with Crippen molar-refractivity contribution in [3.63, 3.8) is 0 Å². The fourth-order valence-corrected chi connectivity index (χ4v) is 1.44. The molecule has 2 rings (SSSR count). The normalized spacial score (nSPS) is 9.94. The zero-order valence-corrected chi connectivity index (χ0v) is 8.56. The first kappa shape index (κ1) is 10.2. The molecule has 0 radical (unpaired) electrons. The molecule has 0 spiro atoms. The van der Waals surface area contributed by atoms with E-state index >= 15 is 0 Å². The molecule has 0 bridgehead atoms. The van der Waals surface area contributed by atoms with Crippen LogP contribution in [0.4, 0.5) is 0 Å². The number of fused-ring (bicyclic) bond motifs is 1. The number of benzene rings is 1. The van der Waals surface area contributed by atoms with Crippen LogP contribution in [0.2, 0.25) is 0 Å². The van der Waals surface area contributed by atoms with Gasteiger partial charge in [0.05, 0.1) is 12.6 Å². The van der Waals surface area contributed by atoms with Gasteiger partial charge < -0.3 is 9.73 Å².